The molecule has 6 nitrogen and oxygen atoms in total. The van der Waals surface area contributed by atoms with Gasteiger partial charge >= 0.3 is 5.97 Å². The highest BCUT2D eigenvalue weighted by Gasteiger charge is 2.31. The Labute approximate surface area is 143 Å². The minimum absolute atomic E-state index is 0.264. The fourth-order valence-corrected chi connectivity index (χ4v) is 1.97. The van der Waals surface area contributed by atoms with Gasteiger partial charge in [0.05, 0.1) is 13.2 Å². The first-order chi connectivity index (χ1) is 11.4. The Morgan fingerprint density at radius 1 is 1.21 bits per heavy atom. The Morgan fingerprint density at radius 3 is 2.46 bits per heavy atom. The first-order valence-electron chi connectivity index (χ1n) is 8.22. The summed E-state index contributed by atoms with van der Waals surface area (Å²) < 4.78 is 15.9. The molecule has 0 saturated carbocycles. The van der Waals surface area contributed by atoms with Crippen molar-refractivity contribution in [2.75, 3.05) is 25.6 Å². The predicted octanol–water partition coefficient (Wildman–Crippen LogP) is 3.41. The summed E-state index contributed by atoms with van der Waals surface area (Å²) in [4.78, 5) is 24.5. The molecule has 0 aromatic heterocycles. The minimum atomic E-state index is -0.929. The number of nitrogens with one attached hydrogen (secondary N) is 1. The highest BCUT2D eigenvalue weighted by Crippen LogP contribution is 2.25. The van der Waals surface area contributed by atoms with E-state index in [0.29, 0.717) is 30.0 Å². The second-order valence-corrected chi connectivity index (χ2v) is 5.52. The molecule has 6 heteroatoms. The number of carbonyl (C=O) groups is 2. The maximum atomic E-state index is 12.4. The maximum absolute atomic E-state index is 12.4. The van der Waals surface area contributed by atoms with Crippen LogP contribution in [0.2, 0.25) is 0 Å². The number of amides is 1. The second-order valence-electron chi connectivity index (χ2n) is 5.52. The van der Waals surface area contributed by atoms with Crippen LogP contribution in [0.25, 0.3) is 0 Å². The summed E-state index contributed by atoms with van der Waals surface area (Å²) in [6.45, 7) is 8.06. The fourth-order valence-electron chi connectivity index (χ4n) is 1.97. The first-order valence-corrected chi connectivity index (χ1v) is 8.22. The lowest BCUT2D eigenvalue weighted by Crippen LogP contribution is -2.41. The van der Waals surface area contributed by atoms with Gasteiger partial charge in [0.15, 0.2) is 0 Å². The van der Waals surface area contributed by atoms with E-state index in [4.69, 9.17) is 14.2 Å². The summed E-state index contributed by atoms with van der Waals surface area (Å²) in [7, 11) is 1.49. The molecule has 1 aromatic carbocycles. The van der Waals surface area contributed by atoms with Gasteiger partial charge in [-0.3, -0.25) is 4.79 Å². The number of esters is 1. The molecule has 0 saturated heterocycles. The molecule has 0 unspecified atom stereocenters. The van der Waals surface area contributed by atoms with Gasteiger partial charge in [0.1, 0.15) is 16.9 Å². The van der Waals surface area contributed by atoms with Crippen LogP contribution in [-0.4, -0.2) is 37.8 Å². The van der Waals surface area contributed by atoms with Gasteiger partial charge in [0, 0.05) is 12.8 Å². The smallest absolute Gasteiger partial charge is 0.341 e. The zero-order valence-electron chi connectivity index (χ0n) is 15.1. The van der Waals surface area contributed by atoms with Crippen molar-refractivity contribution in [1.29, 1.82) is 0 Å². The first kappa shape index (κ1) is 20.0. The Balaban J connectivity index is 3.07. The summed E-state index contributed by atoms with van der Waals surface area (Å²) in [5.41, 5.74) is -0.149. The molecular formula is C18H27NO5. The summed E-state index contributed by atoms with van der Waals surface area (Å²) in [5.74, 6) is -0.312. The Kier molecular flexibility index (Phi) is 7.71. The molecule has 0 aliphatic heterocycles. The molecule has 0 fully saturated rings. The molecule has 0 radical (unpaired) electrons. The molecular weight excluding hydrogens is 310 g/mol. The lowest BCUT2D eigenvalue weighted by Gasteiger charge is -2.25. The highest BCUT2D eigenvalue weighted by molar-refractivity contribution is 5.99. The van der Waals surface area contributed by atoms with Gasteiger partial charge in [-0.05, 0) is 44.9 Å². The molecule has 0 heterocycles. The van der Waals surface area contributed by atoms with Crippen molar-refractivity contribution in [2.24, 2.45) is 0 Å². The number of ether oxygens (including phenoxy) is 3. The third-order valence-electron chi connectivity index (χ3n) is 3.80. The number of hydrogen-bond donors (Lipinski definition) is 1. The van der Waals surface area contributed by atoms with E-state index in [0.717, 1.165) is 6.42 Å². The van der Waals surface area contributed by atoms with E-state index in [1.165, 1.54) is 7.11 Å². The number of benzene rings is 1. The Hall–Kier alpha value is -2.08. The average molecular weight is 337 g/mol. The van der Waals surface area contributed by atoms with Gasteiger partial charge in [-0.15, -0.1) is 0 Å². The van der Waals surface area contributed by atoms with Crippen LogP contribution < -0.4 is 10.1 Å². The SMILES string of the molecule is CCCOc1ccc(NC(=O)[C@](C)(CC)OC)cc1C(=O)OCC. The lowest BCUT2D eigenvalue weighted by atomic mass is 10.0. The van der Waals surface area contributed by atoms with E-state index in [1.54, 1.807) is 32.0 Å². The third-order valence-corrected chi connectivity index (χ3v) is 3.80. The summed E-state index contributed by atoms with van der Waals surface area (Å²) in [6, 6.07) is 4.91. The van der Waals surface area contributed by atoms with Gasteiger partial charge < -0.3 is 19.5 Å². The van der Waals surface area contributed by atoms with Crippen molar-refractivity contribution in [1.82, 2.24) is 0 Å². The molecule has 0 bridgehead atoms. The van der Waals surface area contributed by atoms with Gasteiger partial charge in [-0.25, -0.2) is 4.79 Å². The quantitative estimate of drug-likeness (QED) is 0.699. The Bertz CT molecular complexity index is 567. The molecule has 24 heavy (non-hydrogen) atoms. The number of methoxy groups -OCH3 is 1. The zero-order valence-corrected chi connectivity index (χ0v) is 15.1. The maximum Gasteiger partial charge on any atom is 0.341 e. The van der Waals surface area contributed by atoms with Crippen LogP contribution in [0.5, 0.6) is 5.75 Å². The number of rotatable bonds is 9. The zero-order chi connectivity index (χ0) is 18.2. The fraction of sp³-hybridized carbons (Fsp3) is 0.556. The van der Waals surface area contributed by atoms with Crippen LogP contribution >= 0.6 is 0 Å². The van der Waals surface area contributed by atoms with Crippen molar-refractivity contribution in [3.63, 3.8) is 0 Å². The average Bonchev–Trinajstić information content (AvgIpc) is 2.59. The van der Waals surface area contributed by atoms with Crippen molar-refractivity contribution in [3.05, 3.63) is 23.8 Å². The van der Waals surface area contributed by atoms with Crippen LogP contribution in [0, 0.1) is 0 Å². The van der Waals surface area contributed by atoms with Gasteiger partial charge in [-0.2, -0.15) is 0 Å². The van der Waals surface area contributed by atoms with Crippen molar-refractivity contribution in [2.45, 2.75) is 46.1 Å². The van der Waals surface area contributed by atoms with Gasteiger partial charge in [0.25, 0.3) is 5.91 Å². The second kappa shape index (κ2) is 9.27. The Morgan fingerprint density at radius 2 is 1.92 bits per heavy atom. The van der Waals surface area contributed by atoms with E-state index >= 15 is 0 Å². The molecule has 1 N–H and O–H groups in total. The van der Waals surface area contributed by atoms with E-state index in [1.807, 2.05) is 13.8 Å². The molecule has 134 valence electrons. The van der Waals surface area contributed by atoms with Crippen LogP contribution in [0.3, 0.4) is 0 Å². The van der Waals surface area contributed by atoms with E-state index < -0.39 is 11.6 Å². The number of hydrogen-bond acceptors (Lipinski definition) is 5. The van der Waals surface area contributed by atoms with E-state index in [9.17, 15) is 9.59 Å². The molecule has 0 aliphatic carbocycles. The molecule has 1 amide bonds. The summed E-state index contributed by atoms with van der Waals surface area (Å²) in [5, 5.41) is 2.78. The summed E-state index contributed by atoms with van der Waals surface area (Å²) in [6.07, 6.45) is 1.35. The highest BCUT2D eigenvalue weighted by atomic mass is 16.5. The van der Waals surface area contributed by atoms with E-state index in [-0.39, 0.29) is 12.5 Å². The lowest BCUT2D eigenvalue weighted by molar-refractivity contribution is -0.136. The predicted molar refractivity (Wildman–Crippen MR) is 92.5 cm³/mol. The monoisotopic (exact) mass is 337 g/mol. The van der Waals surface area contributed by atoms with Crippen molar-refractivity contribution in [3.8, 4) is 5.75 Å². The minimum Gasteiger partial charge on any atom is -0.493 e. The molecule has 1 atom stereocenters. The molecule has 0 aliphatic rings. The van der Waals surface area contributed by atoms with Gasteiger partial charge in [0.2, 0.25) is 0 Å². The molecule has 1 aromatic rings. The molecule has 0 spiro atoms. The third kappa shape index (κ3) is 4.96. The standard InChI is InChI=1S/C18H27NO5/c1-6-11-24-15-10-9-13(12-14(15)16(20)23-8-3)19-17(21)18(4,7-2)22-5/h9-10,12H,6-8,11H2,1-5H3,(H,19,21)/t18-/m0/s1. The van der Waals surface area contributed by atoms with Crippen LogP contribution in [-0.2, 0) is 14.3 Å². The normalized spacial score (nSPS) is 13.0. The topological polar surface area (TPSA) is 73.9 Å². The van der Waals surface area contributed by atoms with Crippen LogP contribution in [0.15, 0.2) is 18.2 Å². The number of anilines is 1. The number of carbonyl (C=O) groups excluding carboxylic acids is 2. The molecule has 1 rings (SSSR count). The summed E-state index contributed by atoms with van der Waals surface area (Å²) >= 11 is 0. The largest absolute Gasteiger partial charge is 0.493 e. The van der Waals surface area contributed by atoms with Crippen molar-refractivity contribution < 1.29 is 23.8 Å². The van der Waals surface area contributed by atoms with E-state index in [2.05, 4.69) is 5.32 Å². The van der Waals surface area contributed by atoms with Crippen LogP contribution in [0.1, 0.15) is 50.9 Å². The van der Waals surface area contributed by atoms with Crippen LogP contribution in [0.4, 0.5) is 5.69 Å². The van der Waals surface area contributed by atoms with Crippen molar-refractivity contribution >= 4 is 17.6 Å². The van der Waals surface area contributed by atoms with Gasteiger partial charge in [-0.1, -0.05) is 13.8 Å².